The van der Waals surface area contributed by atoms with Gasteiger partial charge in [-0.1, -0.05) is 66.2 Å². The van der Waals surface area contributed by atoms with E-state index in [1.54, 1.807) is 7.11 Å². The molecule has 0 heterocycles. The molecule has 0 aromatic heterocycles. The van der Waals surface area contributed by atoms with Crippen LogP contribution in [0.3, 0.4) is 0 Å². The van der Waals surface area contributed by atoms with Gasteiger partial charge in [0.1, 0.15) is 5.75 Å². The van der Waals surface area contributed by atoms with Crippen LogP contribution in [-0.2, 0) is 5.41 Å². The Kier molecular flexibility index (Phi) is 4.77. The maximum absolute atomic E-state index is 6.76. The van der Waals surface area contributed by atoms with Crippen molar-refractivity contribution in [2.45, 2.75) is 24.6 Å². The number of hydrogen-bond donors (Lipinski definition) is 0. The van der Waals surface area contributed by atoms with Crippen LogP contribution in [0.4, 0.5) is 0 Å². The summed E-state index contributed by atoms with van der Waals surface area (Å²) in [6, 6.07) is 16.3. The molecule has 3 heteroatoms. The molecule has 0 aliphatic carbocycles. The van der Waals surface area contributed by atoms with Gasteiger partial charge in [-0.05, 0) is 23.3 Å². The Labute approximate surface area is 134 Å². The lowest BCUT2D eigenvalue weighted by Crippen LogP contribution is -2.23. The molecule has 2 rings (SSSR count). The average Bonchev–Trinajstić information content (AvgIpc) is 2.47. The minimum Gasteiger partial charge on any atom is -0.497 e. The van der Waals surface area contributed by atoms with E-state index in [0.717, 1.165) is 15.8 Å². The van der Waals surface area contributed by atoms with Gasteiger partial charge in [0.25, 0.3) is 0 Å². The van der Waals surface area contributed by atoms with Gasteiger partial charge in [0.2, 0.25) is 0 Å². The summed E-state index contributed by atoms with van der Waals surface area (Å²) in [7, 11) is 1.66. The van der Waals surface area contributed by atoms with E-state index in [-0.39, 0.29) is 10.8 Å². The number of alkyl halides is 1. The van der Waals surface area contributed by atoms with E-state index in [1.807, 2.05) is 36.4 Å². The Balaban J connectivity index is 2.38. The zero-order chi connectivity index (χ0) is 14.8. The fourth-order valence-electron chi connectivity index (χ4n) is 2.24. The molecule has 1 nitrogen and oxygen atoms in total. The predicted molar refractivity (Wildman–Crippen MR) is 88.8 cm³/mol. The van der Waals surface area contributed by atoms with Crippen molar-refractivity contribution in [1.29, 1.82) is 0 Å². The van der Waals surface area contributed by atoms with Gasteiger partial charge in [0, 0.05) is 9.89 Å². The van der Waals surface area contributed by atoms with E-state index in [4.69, 9.17) is 16.3 Å². The molecule has 0 spiro atoms. The van der Waals surface area contributed by atoms with Crippen LogP contribution in [-0.4, -0.2) is 7.11 Å². The lowest BCUT2D eigenvalue weighted by molar-refractivity contribution is 0.414. The van der Waals surface area contributed by atoms with E-state index in [1.165, 1.54) is 5.56 Å². The van der Waals surface area contributed by atoms with Crippen molar-refractivity contribution in [1.82, 2.24) is 0 Å². The first-order valence-electron chi connectivity index (χ1n) is 6.50. The third-order valence-electron chi connectivity index (χ3n) is 3.63. The lowest BCUT2D eigenvalue weighted by Gasteiger charge is -2.31. The van der Waals surface area contributed by atoms with Gasteiger partial charge in [0.05, 0.1) is 12.5 Å². The minimum atomic E-state index is -0.167. The maximum Gasteiger partial charge on any atom is 0.120 e. The van der Waals surface area contributed by atoms with Gasteiger partial charge >= 0.3 is 0 Å². The molecule has 0 amide bonds. The molecule has 1 atom stereocenters. The first kappa shape index (κ1) is 15.4. The molecule has 20 heavy (non-hydrogen) atoms. The Morgan fingerprint density at radius 3 is 2.30 bits per heavy atom. The molecule has 106 valence electrons. The van der Waals surface area contributed by atoms with Gasteiger partial charge in [-0.2, -0.15) is 0 Å². The summed E-state index contributed by atoms with van der Waals surface area (Å²) in [6.07, 6.45) is 0. The highest BCUT2D eigenvalue weighted by Gasteiger charge is 2.32. The van der Waals surface area contributed by atoms with E-state index < -0.39 is 0 Å². The van der Waals surface area contributed by atoms with Crippen LogP contribution in [0.5, 0.6) is 5.75 Å². The molecule has 0 aliphatic rings. The number of halogens is 2. The fourth-order valence-corrected chi connectivity index (χ4v) is 3.28. The average molecular weight is 354 g/mol. The number of ether oxygens (including phenoxy) is 1. The van der Waals surface area contributed by atoms with Crippen LogP contribution in [0.25, 0.3) is 0 Å². The topological polar surface area (TPSA) is 9.23 Å². The van der Waals surface area contributed by atoms with E-state index in [2.05, 4.69) is 41.9 Å². The monoisotopic (exact) mass is 352 g/mol. The zero-order valence-electron chi connectivity index (χ0n) is 11.9. The number of methoxy groups -OCH3 is 1. The fraction of sp³-hybridized carbons (Fsp3) is 0.294. The Morgan fingerprint density at radius 1 is 1.10 bits per heavy atom. The minimum absolute atomic E-state index is 0.134. The van der Waals surface area contributed by atoms with Gasteiger partial charge < -0.3 is 4.74 Å². The number of benzene rings is 2. The van der Waals surface area contributed by atoms with Crippen molar-refractivity contribution in [3.63, 3.8) is 0 Å². The standard InChI is InChI=1S/C17H18BrClO/c1-17(2,12-7-5-4-6-8-12)16(19)14-10-9-13(20-3)11-15(14)18/h4-11,16H,1-3H3. The lowest BCUT2D eigenvalue weighted by atomic mass is 9.79. The molecule has 0 radical (unpaired) electrons. The quantitative estimate of drug-likeness (QED) is 0.639. The molecule has 0 saturated heterocycles. The number of hydrogen-bond acceptors (Lipinski definition) is 1. The van der Waals surface area contributed by atoms with Crippen LogP contribution in [0, 0.1) is 0 Å². The number of rotatable bonds is 4. The molecule has 0 aliphatic heterocycles. The van der Waals surface area contributed by atoms with Crippen molar-refractivity contribution >= 4 is 27.5 Å². The second-order valence-corrected chi connectivity index (χ2v) is 6.63. The second kappa shape index (κ2) is 6.19. The van der Waals surface area contributed by atoms with Crippen LogP contribution < -0.4 is 4.74 Å². The highest BCUT2D eigenvalue weighted by Crippen LogP contribution is 2.44. The molecule has 0 fully saturated rings. The summed E-state index contributed by atoms with van der Waals surface area (Å²) >= 11 is 10.4. The van der Waals surface area contributed by atoms with Crippen molar-refractivity contribution in [2.75, 3.05) is 7.11 Å². The molecular formula is C17H18BrClO. The molecule has 2 aromatic carbocycles. The van der Waals surface area contributed by atoms with Gasteiger partial charge in [-0.25, -0.2) is 0 Å². The van der Waals surface area contributed by atoms with Gasteiger partial charge in [0.15, 0.2) is 0 Å². The summed E-state index contributed by atoms with van der Waals surface area (Å²) < 4.78 is 6.20. The van der Waals surface area contributed by atoms with Gasteiger partial charge in [-0.3, -0.25) is 0 Å². The first-order valence-corrected chi connectivity index (χ1v) is 7.73. The summed E-state index contributed by atoms with van der Waals surface area (Å²) in [4.78, 5) is 0. The van der Waals surface area contributed by atoms with Crippen LogP contribution in [0.1, 0.15) is 30.4 Å². The highest BCUT2D eigenvalue weighted by molar-refractivity contribution is 9.10. The van der Waals surface area contributed by atoms with Crippen molar-refractivity contribution in [3.05, 3.63) is 64.1 Å². The van der Waals surface area contributed by atoms with E-state index in [0.29, 0.717) is 0 Å². The maximum atomic E-state index is 6.76. The van der Waals surface area contributed by atoms with Crippen molar-refractivity contribution in [3.8, 4) is 5.75 Å². The van der Waals surface area contributed by atoms with Gasteiger partial charge in [-0.15, -0.1) is 11.6 Å². The Bertz CT molecular complexity index is 581. The van der Waals surface area contributed by atoms with Crippen molar-refractivity contribution < 1.29 is 4.74 Å². The smallest absolute Gasteiger partial charge is 0.120 e. The summed E-state index contributed by atoms with van der Waals surface area (Å²) in [5.41, 5.74) is 2.13. The molecular weight excluding hydrogens is 336 g/mol. The van der Waals surface area contributed by atoms with Crippen LogP contribution in [0.2, 0.25) is 0 Å². The first-order chi connectivity index (χ1) is 9.46. The summed E-state index contributed by atoms with van der Waals surface area (Å²) in [5.74, 6) is 0.821. The highest BCUT2D eigenvalue weighted by atomic mass is 79.9. The third-order valence-corrected chi connectivity index (χ3v) is 5.10. The molecule has 0 bridgehead atoms. The Morgan fingerprint density at radius 2 is 1.75 bits per heavy atom. The van der Waals surface area contributed by atoms with Crippen LogP contribution in [0.15, 0.2) is 53.0 Å². The predicted octanol–water partition coefficient (Wildman–Crippen LogP) is 5.72. The molecule has 2 aromatic rings. The second-order valence-electron chi connectivity index (χ2n) is 5.34. The van der Waals surface area contributed by atoms with Crippen LogP contribution >= 0.6 is 27.5 Å². The molecule has 0 N–H and O–H groups in total. The van der Waals surface area contributed by atoms with E-state index in [9.17, 15) is 0 Å². The SMILES string of the molecule is COc1ccc(C(Cl)C(C)(C)c2ccccc2)c(Br)c1. The molecule has 1 unspecified atom stereocenters. The summed E-state index contributed by atoms with van der Waals surface area (Å²) in [6.45, 7) is 4.33. The van der Waals surface area contributed by atoms with E-state index >= 15 is 0 Å². The Hall–Kier alpha value is -0.990. The third kappa shape index (κ3) is 3.02. The van der Waals surface area contributed by atoms with Crippen molar-refractivity contribution in [2.24, 2.45) is 0 Å². The largest absolute Gasteiger partial charge is 0.497 e. The normalized spacial score (nSPS) is 13.1. The zero-order valence-corrected chi connectivity index (χ0v) is 14.2. The molecule has 0 saturated carbocycles. The summed E-state index contributed by atoms with van der Waals surface area (Å²) in [5, 5.41) is -0.134.